The zero-order valence-corrected chi connectivity index (χ0v) is 17.6. The summed E-state index contributed by atoms with van der Waals surface area (Å²) < 4.78 is 0. The first-order valence-corrected chi connectivity index (χ1v) is 10.5. The van der Waals surface area contributed by atoms with Gasteiger partial charge >= 0.3 is 0 Å². The Morgan fingerprint density at radius 1 is 1.16 bits per heavy atom. The molecule has 6 heteroatoms. The molecule has 2 aromatic carbocycles. The lowest BCUT2D eigenvalue weighted by atomic mass is 10.1. The zero-order valence-electron chi connectivity index (χ0n) is 17.6. The highest BCUT2D eigenvalue weighted by molar-refractivity contribution is 5.94. The van der Waals surface area contributed by atoms with Crippen molar-refractivity contribution in [3.63, 3.8) is 0 Å². The summed E-state index contributed by atoms with van der Waals surface area (Å²) >= 11 is 0. The number of amides is 1. The minimum atomic E-state index is -0.795. The molecule has 1 saturated carbocycles. The van der Waals surface area contributed by atoms with Gasteiger partial charge in [0, 0.05) is 30.3 Å². The fourth-order valence-electron chi connectivity index (χ4n) is 2.96. The number of hydrogen-bond donors (Lipinski definition) is 5. The molecule has 31 heavy (non-hydrogen) atoms. The molecule has 0 unspecified atom stereocenters. The van der Waals surface area contributed by atoms with Crippen LogP contribution < -0.4 is 16.1 Å². The number of carbonyl (C=O) groups is 1. The molecule has 0 bridgehead atoms. The van der Waals surface area contributed by atoms with E-state index in [-0.39, 0.29) is 12.5 Å². The molecule has 5 N–H and O–H groups in total. The molecule has 1 aliphatic carbocycles. The van der Waals surface area contributed by atoms with E-state index in [0.29, 0.717) is 11.6 Å². The van der Waals surface area contributed by atoms with Gasteiger partial charge in [0.1, 0.15) is 0 Å². The van der Waals surface area contributed by atoms with Crippen LogP contribution in [0.2, 0.25) is 0 Å². The van der Waals surface area contributed by atoms with E-state index in [0.717, 1.165) is 17.7 Å². The maximum absolute atomic E-state index is 12.3. The van der Waals surface area contributed by atoms with E-state index >= 15 is 0 Å². The fraction of sp³-hybridized carbons (Fsp3) is 0.320. The lowest BCUT2D eigenvalue weighted by molar-refractivity contribution is 0.0767. The monoisotopic (exact) mass is 419 g/mol. The molecule has 162 valence electrons. The summed E-state index contributed by atoms with van der Waals surface area (Å²) in [5, 5.41) is 24.6. The second-order valence-electron chi connectivity index (χ2n) is 7.76. The number of rotatable bonds is 9. The minimum absolute atomic E-state index is 0.0549. The summed E-state index contributed by atoms with van der Waals surface area (Å²) in [6.45, 7) is 2.52. The van der Waals surface area contributed by atoms with Crippen molar-refractivity contribution >= 4 is 12.0 Å². The summed E-state index contributed by atoms with van der Waals surface area (Å²) in [4.78, 5) is 12.3. The van der Waals surface area contributed by atoms with E-state index in [9.17, 15) is 9.90 Å². The third-order valence-corrected chi connectivity index (χ3v) is 5.08. The second-order valence-corrected chi connectivity index (χ2v) is 7.76. The van der Waals surface area contributed by atoms with E-state index < -0.39 is 12.1 Å². The smallest absolute Gasteiger partial charge is 0.251 e. The number of allylic oxidation sites excluding steroid dienone is 1. The molecule has 2 aromatic rings. The van der Waals surface area contributed by atoms with Crippen LogP contribution in [-0.2, 0) is 6.54 Å². The Labute approximate surface area is 183 Å². The normalized spacial score (nSPS) is 15.2. The number of nitrogens with one attached hydrogen (secondary N) is 3. The number of hydroxylamine groups is 1. The van der Waals surface area contributed by atoms with Crippen molar-refractivity contribution < 1.29 is 15.1 Å². The Hall–Kier alpha value is -2.95. The predicted octanol–water partition coefficient (Wildman–Crippen LogP) is 2.46. The molecular weight excluding hydrogens is 390 g/mol. The molecule has 3 rings (SSSR count). The van der Waals surface area contributed by atoms with Crippen LogP contribution in [-0.4, -0.2) is 41.0 Å². The van der Waals surface area contributed by atoms with Gasteiger partial charge in [-0.3, -0.25) is 4.79 Å². The fourth-order valence-corrected chi connectivity index (χ4v) is 2.96. The Morgan fingerprint density at radius 2 is 1.87 bits per heavy atom. The third-order valence-electron chi connectivity index (χ3n) is 5.08. The number of aliphatic hydroxyl groups is 1. The largest absolute Gasteiger partial charge is 0.391 e. The minimum Gasteiger partial charge on any atom is -0.391 e. The molecule has 2 atom stereocenters. The Balaban J connectivity index is 1.51. The van der Waals surface area contributed by atoms with Gasteiger partial charge in [-0.25, -0.2) is 5.48 Å². The lowest BCUT2D eigenvalue weighted by Gasteiger charge is -2.20. The van der Waals surface area contributed by atoms with Gasteiger partial charge in [-0.1, -0.05) is 36.1 Å². The Kier molecular flexibility index (Phi) is 8.39. The van der Waals surface area contributed by atoms with E-state index in [2.05, 4.69) is 46.7 Å². The van der Waals surface area contributed by atoms with Crippen LogP contribution in [0, 0.1) is 11.8 Å². The van der Waals surface area contributed by atoms with Crippen molar-refractivity contribution in [2.75, 3.05) is 6.54 Å². The van der Waals surface area contributed by atoms with Crippen LogP contribution in [0.25, 0.3) is 6.08 Å². The van der Waals surface area contributed by atoms with Crippen LogP contribution in [0.3, 0.4) is 0 Å². The van der Waals surface area contributed by atoms with Crippen LogP contribution in [0.15, 0.2) is 54.6 Å². The van der Waals surface area contributed by atoms with Crippen LogP contribution in [0.5, 0.6) is 0 Å². The first-order chi connectivity index (χ1) is 15.0. The van der Waals surface area contributed by atoms with Crippen molar-refractivity contribution in [1.82, 2.24) is 16.1 Å². The van der Waals surface area contributed by atoms with Gasteiger partial charge in [-0.05, 0) is 67.3 Å². The van der Waals surface area contributed by atoms with Gasteiger partial charge in [0.2, 0.25) is 0 Å². The number of benzene rings is 2. The maximum atomic E-state index is 12.3. The van der Waals surface area contributed by atoms with Gasteiger partial charge in [-0.15, -0.1) is 0 Å². The van der Waals surface area contributed by atoms with E-state index in [1.807, 2.05) is 17.6 Å². The average molecular weight is 420 g/mol. The van der Waals surface area contributed by atoms with Crippen LogP contribution >= 0.6 is 0 Å². The van der Waals surface area contributed by atoms with Crippen LogP contribution in [0.4, 0.5) is 0 Å². The molecule has 1 aliphatic rings. The summed E-state index contributed by atoms with van der Waals surface area (Å²) in [5.41, 5.74) is 5.61. The van der Waals surface area contributed by atoms with Gasteiger partial charge < -0.3 is 20.9 Å². The van der Waals surface area contributed by atoms with Gasteiger partial charge in [0.15, 0.2) is 0 Å². The molecule has 0 saturated heterocycles. The topological polar surface area (TPSA) is 93.6 Å². The quantitative estimate of drug-likeness (QED) is 0.318. The predicted molar refractivity (Wildman–Crippen MR) is 121 cm³/mol. The molecule has 1 fully saturated rings. The molecule has 0 aromatic heterocycles. The third kappa shape index (κ3) is 7.67. The highest BCUT2D eigenvalue weighted by Crippen LogP contribution is 2.19. The van der Waals surface area contributed by atoms with Gasteiger partial charge in [0.05, 0.1) is 12.1 Å². The van der Waals surface area contributed by atoms with Gasteiger partial charge in [0.25, 0.3) is 5.91 Å². The molecule has 1 amide bonds. The summed E-state index contributed by atoms with van der Waals surface area (Å²) in [7, 11) is 0. The van der Waals surface area contributed by atoms with Crippen molar-refractivity contribution in [2.24, 2.45) is 0 Å². The summed E-state index contributed by atoms with van der Waals surface area (Å²) in [6, 6.07) is 15.5. The maximum Gasteiger partial charge on any atom is 0.251 e. The molecule has 0 spiro atoms. The number of hydrogen-bond acceptors (Lipinski definition) is 5. The molecule has 0 aliphatic heterocycles. The van der Waals surface area contributed by atoms with Crippen molar-refractivity contribution in [2.45, 2.75) is 44.5 Å². The van der Waals surface area contributed by atoms with Crippen molar-refractivity contribution in [3.8, 4) is 11.8 Å². The standard InChI is InChI=1S/C25H29N3O3/c1-18(29)24(17-27-31)28-25(30)22-12-10-20(11-13-22)5-3-2-4-19-6-8-21(9-7-19)16-26-23-14-15-23/h2,4,6-13,18,23-24,26-27,29,31H,14-17H2,1H3,(H,28,30)/b4-2+/t18-,24+/m1/s1. The first-order valence-electron chi connectivity index (χ1n) is 10.5. The zero-order chi connectivity index (χ0) is 22.1. The Bertz CT molecular complexity index is 937. The molecule has 0 heterocycles. The lowest BCUT2D eigenvalue weighted by Crippen LogP contribution is -2.47. The number of aliphatic hydroxyl groups excluding tert-OH is 1. The van der Waals surface area contributed by atoms with Crippen molar-refractivity contribution in [1.29, 1.82) is 0 Å². The van der Waals surface area contributed by atoms with E-state index in [1.165, 1.54) is 18.4 Å². The summed E-state index contributed by atoms with van der Waals surface area (Å²) in [6.07, 6.45) is 5.57. The highest BCUT2D eigenvalue weighted by Gasteiger charge is 2.20. The molecule has 0 radical (unpaired) electrons. The Morgan fingerprint density at radius 3 is 2.48 bits per heavy atom. The second kappa shape index (κ2) is 11.4. The highest BCUT2D eigenvalue weighted by atomic mass is 16.5. The average Bonchev–Trinajstić information content (AvgIpc) is 3.60. The van der Waals surface area contributed by atoms with E-state index in [1.54, 1.807) is 31.2 Å². The molecule has 6 nitrogen and oxygen atoms in total. The van der Waals surface area contributed by atoms with Crippen molar-refractivity contribution in [3.05, 3.63) is 76.9 Å². The SMILES string of the molecule is C[C@@H](O)[C@H](CNO)NC(=O)c1ccc(C#C/C=C/c2ccc(CNC3CC3)cc2)cc1. The van der Waals surface area contributed by atoms with Gasteiger partial charge in [-0.2, -0.15) is 0 Å². The van der Waals surface area contributed by atoms with E-state index in [4.69, 9.17) is 5.21 Å². The first kappa shape index (κ1) is 22.7. The summed E-state index contributed by atoms with van der Waals surface area (Å²) in [5.74, 6) is 5.74. The number of carbonyl (C=O) groups excluding carboxylic acids is 1. The van der Waals surface area contributed by atoms with Crippen LogP contribution in [0.1, 0.15) is 46.8 Å². The molecular formula is C25H29N3O3.